The molecule has 0 N–H and O–H groups in total. The summed E-state index contributed by atoms with van der Waals surface area (Å²) in [7, 11) is 1.36. The number of aryl methyl sites for hydroxylation is 1. The Hall–Kier alpha value is -4.23. The maximum atomic E-state index is 13.9. The second-order valence-corrected chi connectivity index (χ2v) is 10.2. The molecule has 3 aromatic carbocycles. The van der Waals surface area contributed by atoms with Crippen molar-refractivity contribution in [2.75, 3.05) is 13.7 Å². The van der Waals surface area contributed by atoms with Crippen molar-refractivity contribution in [1.29, 1.82) is 0 Å². The van der Waals surface area contributed by atoms with Gasteiger partial charge in [-0.15, -0.1) is 0 Å². The molecule has 1 aromatic heterocycles. The summed E-state index contributed by atoms with van der Waals surface area (Å²) in [6, 6.07) is 23.2. The highest BCUT2D eigenvalue weighted by molar-refractivity contribution is 7.07. The van der Waals surface area contributed by atoms with Crippen molar-refractivity contribution in [3.05, 3.63) is 126 Å². The number of benzene rings is 3. The number of esters is 1. The van der Waals surface area contributed by atoms with E-state index in [1.807, 2.05) is 47.9 Å². The molecule has 1 atom stereocenters. The number of carbonyl (C=O) groups excluding carboxylic acids is 1. The Labute approximate surface area is 223 Å². The minimum Gasteiger partial charge on any atom is -0.494 e. The summed E-state index contributed by atoms with van der Waals surface area (Å²) in [6.45, 7) is 2.56. The molecule has 1 aliphatic heterocycles. The standard InChI is InChI=1S/C31H26N2O4S/c1-3-37-23-15-12-21(13-16-23)28-25-17-14-20-6-4-5-7-24(20)27(25)32-31-33(28)29(34)26(38-31)18-19-8-10-22(11-9-19)30(35)36-2/h4-13,15-16,18,28H,3,14,17H2,1-2H3. The molecule has 6 rings (SSSR count). The summed E-state index contributed by atoms with van der Waals surface area (Å²) in [5, 5.41) is 0. The van der Waals surface area contributed by atoms with Gasteiger partial charge < -0.3 is 9.47 Å². The molecule has 0 amide bonds. The zero-order chi connectivity index (χ0) is 26.2. The van der Waals surface area contributed by atoms with Crippen LogP contribution in [0.25, 0.3) is 11.8 Å². The average molecular weight is 523 g/mol. The second kappa shape index (κ2) is 9.91. The maximum absolute atomic E-state index is 13.9. The van der Waals surface area contributed by atoms with Gasteiger partial charge in [0.15, 0.2) is 4.80 Å². The molecular weight excluding hydrogens is 496 g/mol. The van der Waals surface area contributed by atoms with Crippen molar-refractivity contribution in [2.24, 2.45) is 4.99 Å². The summed E-state index contributed by atoms with van der Waals surface area (Å²) < 4.78 is 12.9. The van der Waals surface area contributed by atoms with Gasteiger partial charge in [0.25, 0.3) is 5.56 Å². The molecular formula is C31H26N2O4S. The third-order valence-corrected chi connectivity index (χ3v) is 7.99. The molecule has 38 heavy (non-hydrogen) atoms. The van der Waals surface area contributed by atoms with E-state index in [9.17, 15) is 9.59 Å². The van der Waals surface area contributed by atoms with Crippen LogP contribution in [0.15, 0.2) is 88.2 Å². The van der Waals surface area contributed by atoms with Crippen LogP contribution in [0.1, 0.15) is 52.0 Å². The molecule has 4 aromatic rings. The van der Waals surface area contributed by atoms with Crippen molar-refractivity contribution in [3.8, 4) is 5.75 Å². The van der Waals surface area contributed by atoms with Gasteiger partial charge in [-0.3, -0.25) is 9.36 Å². The number of ether oxygens (including phenoxy) is 2. The molecule has 1 aliphatic carbocycles. The summed E-state index contributed by atoms with van der Waals surface area (Å²) in [6.07, 6.45) is 3.61. The van der Waals surface area contributed by atoms with Crippen LogP contribution >= 0.6 is 11.3 Å². The van der Waals surface area contributed by atoms with Crippen LogP contribution in [-0.4, -0.2) is 24.3 Å². The van der Waals surface area contributed by atoms with E-state index >= 15 is 0 Å². The SMILES string of the molecule is CCOc1ccc(C2C3=C(N=c4sc(=Cc5ccc(C(=O)OC)cc5)c(=O)n42)c2ccccc2CC3)cc1. The monoisotopic (exact) mass is 522 g/mol. The van der Waals surface area contributed by atoms with Gasteiger partial charge in [0, 0.05) is 5.56 Å². The number of fused-ring (bicyclic) bond motifs is 3. The highest BCUT2D eigenvalue weighted by Crippen LogP contribution is 2.41. The lowest BCUT2D eigenvalue weighted by molar-refractivity contribution is 0.0600. The van der Waals surface area contributed by atoms with Crippen molar-refractivity contribution in [2.45, 2.75) is 25.8 Å². The van der Waals surface area contributed by atoms with Crippen LogP contribution < -0.4 is 19.6 Å². The number of rotatable bonds is 5. The molecule has 0 spiro atoms. The minimum atomic E-state index is -0.392. The highest BCUT2D eigenvalue weighted by Gasteiger charge is 2.32. The third kappa shape index (κ3) is 4.19. The van der Waals surface area contributed by atoms with Gasteiger partial charge in [-0.1, -0.05) is 59.9 Å². The maximum Gasteiger partial charge on any atom is 0.337 e. The summed E-state index contributed by atoms with van der Waals surface area (Å²) >= 11 is 1.39. The van der Waals surface area contributed by atoms with Gasteiger partial charge in [-0.2, -0.15) is 0 Å². The number of carbonyl (C=O) groups is 1. The predicted octanol–water partition coefficient (Wildman–Crippen LogP) is 4.50. The number of nitrogens with zero attached hydrogens (tertiary/aromatic N) is 2. The van der Waals surface area contributed by atoms with Gasteiger partial charge in [-0.05, 0) is 72.4 Å². The molecule has 0 saturated carbocycles. The molecule has 7 heteroatoms. The molecule has 1 unspecified atom stereocenters. The minimum absolute atomic E-state index is 0.0740. The van der Waals surface area contributed by atoms with E-state index in [2.05, 4.69) is 30.3 Å². The van der Waals surface area contributed by atoms with Crippen LogP contribution in [0.4, 0.5) is 0 Å². The van der Waals surface area contributed by atoms with E-state index in [1.165, 1.54) is 24.0 Å². The number of aromatic nitrogens is 1. The smallest absolute Gasteiger partial charge is 0.337 e. The average Bonchev–Trinajstić information content (AvgIpc) is 3.26. The summed E-state index contributed by atoms with van der Waals surface area (Å²) in [5.74, 6) is 0.416. The molecule has 0 fully saturated rings. The molecule has 0 radical (unpaired) electrons. The van der Waals surface area contributed by atoms with Gasteiger partial charge in [0.1, 0.15) is 5.75 Å². The molecule has 0 bridgehead atoms. The van der Waals surface area contributed by atoms with E-state index in [1.54, 1.807) is 12.1 Å². The van der Waals surface area contributed by atoms with E-state index < -0.39 is 5.97 Å². The van der Waals surface area contributed by atoms with Crippen molar-refractivity contribution >= 4 is 29.1 Å². The molecule has 2 heterocycles. The first-order valence-corrected chi connectivity index (χ1v) is 13.4. The van der Waals surface area contributed by atoms with E-state index in [-0.39, 0.29) is 11.6 Å². The van der Waals surface area contributed by atoms with Gasteiger partial charge in [0.2, 0.25) is 0 Å². The fourth-order valence-corrected chi connectivity index (χ4v) is 6.22. The van der Waals surface area contributed by atoms with E-state index in [4.69, 9.17) is 14.5 Å². The lowest BCUT2D eigenvalue weighted by atomic mass is 9.83. The van der Waals surface area contributed by atoms with Crippen molar-refractivity contribution in [3.63, 3.8) is 0 Å². The Morgan fingerprint density at radius 1 is 1.05 bits per heavy atom. The Morgan fingerprint density at radius 2 is 1.82 bits per heavy atom. The molecule has 2 aliphatic rings. The first kappa shape index (κ1) is 24.1. The quantitative estimate of drug-likeness (QED) is 0.362. The van der Waals surface area contributed by atoms with Gasteiger partial charge in [-0.25, -0.2) is 9.79 Å². The number of methoxy groups -OCH3 is 1. The predicted molar refractivity (Wildman–Crippen MR) is 148 cm³/mol. The van der Waals surface area contributed by atoms with Crippen molar-refractivity contribution in [1.82, 2.24) is 4.57 Å². The summed E-state index contributed by atoms with van der Waals surface area (Å²) in [5.41, 5.74) is 6.81. The third-order valence-electron chi connectivity index (χ3n) is 7.01. The fourth-order valence-electron chi connectivity index (χ4n) is 5.22. The lowest BCUT2D eigenvalue weighted by Gasteiger charge is -2.30. The first-order valence-electron chi connectivity index (χ1n) is 12.6. The van der Waals surface area contributed by atoms with E-state index in [0.29, 0.717) is 21.5 Å². The Kier molecular flexibility index (Phi) is 6.29. The fraction of sp³-hybridized carbons (Fsp3) is 0.194. The normalized spacial score (nSPS) is 16.3. The Bertz CT molecular complexity index is 1750. The lowest BCUT2D eigenvalue weighted by Crippen LogP contribution is -2.38. The number of hydrogen-bond donors (Lipinski definition) is 0. The van der Waals surface area contributed by atoms with Crippen LogP contribution in [0.5, 0.6) is 5.75 Å². The first-order chi connectivity index (χ1) is 18.6. The van der Waals surface area contributed by atoms with Crippen LogP contribution in [0.2, 0.25) is 0 Å². The van der Waals surface area contributed by atoms with Gasteiger partial charge in [0.05, 0.1) is 35.6 Å². The topological polar surface area (TPSA) is 69.9 Å². The van der Waals surface area contributed by atoms with Crippen LogP contribution in [0.3, 0.4) is 0 Å². The number of thiazole rings is 1. The van der Waals surface area contributed by atoms with Crippen LogP contribution in [0, 0.1) is 0 Å². The van der Waals surface area contributed by atoms with Crippen LogP contribution in [-0.2, 0) is 11.2 Å². The van der Waals surface area contributed by atoms with Crippen molar-refractivity contribution < 1.29 is 14.3 Å². The second-order valence-electron chi connectivity index (χ2n) is 9.23. The zero-order valence-corrected chi connectivity index (χ0v) is 22.0. The van der Waals surface area contributed by atoms with Gasteiger partial charge >= 0.3 is 5.97 Å². The molecule has 190 valence electrons. The molecule has 0 saturated heterocycles. The zero-order valence-electron chi connectivity index (χ0n) is 21.1. The molecule has 6 nitrogen and oxygen atoms in total. The van der Waals surface area contributed by atoms with E-state index in [0.717, 1.165) is 46.6 Å². The Balaban J connectivity index is 1.52. The largest absolute Gasteiger partial charge is 0.494 e. The Morgan fingerprint density at radius 3 is 2.55 bits per heavy atom. The number of allylic oxidation sites excluding steroid dienone is 1. The number of hydrogen-bond acceptors (Lipinski definition) is 6. The summed E-state index contributed by atoms with van der Waals surface area (Å²) in [4.78, 5) is 31.4. The highest BCUT2D eigenvalue weighted by atomic mass is 32.1.